The van der Waals surface area contributed by atoms with Gasteiger partial charge in [-0.25, -0.2) is 4.39 Å². The smallest absolute Gasteiger partial charge is 0.130 e. The lowest BCUT2D eigenvalue weighted by Gasteiger charge is -2.07. The number of halogens is 2. The van der Waals surface area contributed by atoms with Crippen molar-refractivity contribution in [3.63, 3.8) is 0 Å². The van der Waals surface area contributed by atoms with Crippen LogP contribution < -0.4 is 4.74 Å². The molecule has 0 radical (unpaired) electrons. The van der Waals surface area contributed by atoms with Gasteiger partial charge >= 0.3 is 0 Å². The Morgan fingerprint density at radius 3 is 2.83 bits per heavy atom. The molecular formula is C14H13ClFNO. The van der Waals surface area contributed by atoms with Crippen LogP contribution in [0.4, 0.5) is 4.39 Å². The van der Waals surface area contributed by atoms with Crippen molar-refractivity contribution in [1.82, 2.24) is 4.98 Å². The highest BCUT2D eigenvalue weighted by Gasteiger charge is 2.02. The molecule has 0 aliphatic heterocycles. The molecule has 0 aliphatic carbocycles. The fourth-order valence-electron chi connectivity index (χ4n) is 1.62. The number of hydrogen-bond donors (Lipinski definition) is 0. The van der Waals surface area contributed by atoms with Crippen molar-refractivity contribution in [1.29, 1.82) is 0 Å². The summed E-state index contributed by atoms with van der Waals surface area (Å²) >= 11 is 5.67. The number of rotatable bonds is 4. The first-order chi connectivity index (χ1) is 8.67. The van der Waals surface area contributed by atoms with Gasteiger partial charge in [0, 0.05) is 17.6 Å². The number of alkyl halides is 1. The molecule has 0 N–H and O–H groups in total. The third-order valence-electron chi connectivity index (χ3n) is 2.42. The molecule has 1 aromatic carbocycles. The van der Waals surface area contributed by atoms with Crippen LogP contribution in [0.15, 0.2) is 36.4 Å². The van der Waals surface area contributed by atoms with Crippen LogP contribution in [-0.4, -0.2) is 4.98 Å². The van der Waals surface area contributed by atoms with E-state index in [2.05, 4.69) is 4.98 Å². The Kier molecular flexibility index (Phi) is 4.15. The highest BCUT2D eigenvalue weighted by molar-refractivity contribution is 6.17. The van der Waals surface area contributed by atoms with E-state index in [-0.39, 0.29) is 11.7 Å². The Morgan fingerprint density at radius 2 is 2.11 bits per heavy atom. The van der Waals surface area contributed by atoms with Gasteiger partial charge in [-0.3, -0.25) is 4.98 Å². The van der Waals surface area contributed by atoms with Crippen LogP contribution in [-0.2, 0) is 12.5 Å². The summed E-state index contributed by atoms with van der Waals surface area (Å²) in [6, 6.07) is 10.2. The van der Waals surface area contributed by atoms with Crippen LogP contribution in [0.5, 0.6) is 5.75 Å². The standard InChI is InChI=1S/C14H13ClFNO/c1-10-3-2-4-13(17-10)9-18-14-6-11(8-15)5-12(16)7-14/h2-7H,8-9H2,1H3. The lowest BCUT2D eigenvalue weighted by atomic mass is 10.2. The van der Waals surface area contributed by atoms with E-state index in [4.69, 9.17) is 16.3 Å². The molecule has 0 aliphatic rings. The van der Waals surface area contributed by atoms with Gasteiger partial charge < -0.3 is 4.74 Å². The van der Waals surface area contributed by atoms with E-state index in [1.54, 1.807) is 6.07 Å². The molecule has 2 rings (SSSR count). The monoisotopic (exact) mass is 265 g/mol. The third kappa shape index (κ3) is 3.44. The molecule has 0 bridgehead atoms. The Bertz CT molecular complexity index is 545. The first-order valence-corrected chi connectivity index (χ1v) is 6.11. The van der Waals surface area contributed by atoms with Crippen molar-refractivity contribution in [2.75, 3.05) is 0 Å². The first-order valence-electron chi connectivity index (χ1n) is 5.58. The van der Waals surface area contributed by atoms with E-state index >= 15 is 0 Å². The van der Waals surface area contributed by atoms with E-state index < -0.39 is 0 Å². The van der Waals surface area contributed by atoms with Crippen LogP contribution in [0, 0.1) is 12.7 Å². The lowest BCUT2D eigenvalue weighted by molar-refractivity contribution is 0.299. The molecule has 0 atom stereocenters. The van der Waals surface area contributed by atoms with Crippen LogP contribution in [0.3, 0.4) is 0 Å². The minimum atomic E-state index is -0.347. The minimum absolute atomic E-state index is 0.261. The van der Waals surface area contributed by atoms with Crippen molar-refractivity contribution in [2.24, 2.45) is 0 Å². The summed E-state index contributed by atoms with van der Waals surface area (Å²) in [6.45, 7) is 2.23. The van der Waals surface area contributed by atoms with Crippen molar-refractivity contribution >= 4 is 11.6 Å². The SMILES string of the molecule is Cc1cccc(COc2cc(F)cc(CCl)c2)n1. The normalized spacial score (nSPS) is 10.4. The second-order valence-corrected chi connectivity index (χ2v) is 4.26. The molecular weight excluding hydrogens is 253 g/mol. The summed E-state index contributed by atoms with van der Waals surface area (Å²) in [5.41, 5.74) is 2.44. The summed E-state index contributed by atoms with van der Waals surface area (Å²) in [5.74, 6) is 0.380. The molecule has 0 spiro atoms. The zero-order chi connectivity index (χ0) is 13.0. The fraction of sp³-hybridized carbons (Fsp3) is 0.214. The van der Waals surface area contributed by atoms with Crippen LogP contribution >= 0.6 is 11.6 Å². The molecule has 94 valence electrons. The first kappa shape index (κ1) is 12.8. The predicted octanol–water partition coefficient (Wildman–Crippen LogP) is 3.85. The van der Waals surface area contributed by atoms with Crippen molar-refractivity contribution in [3.05, 3.63) is 59.2 Å². The maximum atomic E-state index is 13.3. The van der Waals surface area contributed by atoms with Gasteiger partial charge in [0.2, 0.25) is 0 Å². The van der Waals surface area contributed by atoms with Crippen molar-refractivity contribution in [3.8, 4) is 5.75 Å². The Labute approximate surface area is 110 Å². The molecule has 18 heavy (non-hydrogen) atoms. The number of aryl methyl sites for hydroxylation is 1. The fourth-order valence-corrected chi connectivity index (χ4v) is 1.77. The Morgan fingerprint density at radius 1 is 1.28 bits per heavy atom. The number of ether oxygens (including phenoxy) is 1. The van der Waals surface area contributed by atoms with E-state index in [0.29, 0.717) is 17.9 Å². The minimum Gasteiger partial charge on any atom is -0.487 e. The molecule has 1 heterocycles. The maximum Gasteiger partial charge on any atom is 0.130 e. The molecule has 0 saturated heterocycles. The largest absolute Gasteiger partial charge is 0.487 e. The topological polar surface area (TPSA) is 22.1 Å². The Balaban J connectivity index is 2.08. The molecule has 0 fully saturated rings. The van der Waals surface area contributed by atoms with E-state index in [0.717, 1.165) is 11.4 Å². The summed E-state index contributed by atoms with van der Waals surface area (Å²) in [7, 11) is 0. The molecule has 0 saturated carbocycles. The molecule has 0 unspecified atom stereocenters. The number of benzene rings is 1. The van der Waals surface area contributed by atoms with Gasteiger partial charge in [-0.15, -0.1) is 11.6 Å². The molecule has 4 heteroatoms. The zero-order valence-corrected chi connectivity index (χ0v) is 10.7. The number of pyridine rings is 1. The van der Waals surface area contributed by atoms with Gasteiger partial charge in [0.1, 0.15) is 18.2 Å². The average Bonchev–Trinajstić information content (AvgIpc) is 2.36. The average molecular weight is 266 g/mol. The number of nitrogens with zero attached hydrogens (tertiary/aromatic N) is 1. The van der Waals surface area contributed by atoms with Gasteiger partial charge in [0.15, 0.2) is 0 Å². The molecule has 1 aromatic heterocycles. The highest BCUT2D eigenvalue weighted by Crippen LogP contribution is 2.18. The molecule has 2 aromatic rings. The van der Waals surface area contributed by atoms with Crippen LogP contribution in [0.2, 0.25) is 0 Å². The predicted molar refractivity (Wildman–Crippen MR) is 69.3 cm³/mol. The number of aromatic nitrogens is 1. The highest BCUT2D eigenvalue weighted by atomic mass is 35.5. The van der Waals surface area contributed by atoms with E-state index in [1.807, 2.05) is 25.1 Å². The van der Waals surface area contributed by atoms with Crippen LogP contribution in [0.1, 0.15) is 17.0 Å². The van der Waals surface area contributed by atoms with Crippen LogP contribution in [0.25, 0.3) is 0 Å². The molecule has 0 amide bonds. The quantitative estimate of drug-likeness (QED) is 0.784. The molecule has 2 nitrogen and oxygen atoms in total. The van der Waals surface area contributed by atoms with Crippen molar-refractivity contribution < 1.29 is 9.13 Å². The van der Waals surface area contributed by atoms with Crippen molar-refractivity contribution in [2.45, 2.75) is 19.4 Å². The number of hydrogen-bond acceptors (Lipinski definition) is 2. The van der Waals surface area contributed by atoms with Gasteiger partial charge in [-0.2, -0.15) is 0 Å². The Hall–Kier alpha value is -1.61. The zero-order valence-electron chi connectivity index (χ0n) is 9.99. The summed E-state index contributed by atoms with van der Waals surface area (Å²) in [6.07, 6.45) is 0. The lowest BCUT2D eigenvalue weighted by Crippen LogP contribution is -1.99. The maximum absolute atomic E-state index is 13.3. The second kappa shape index (κ2) is 5.83. The summed E-state index contributed by atoms with van der Waals surface area (Å²) in [4.78, 5) is 4.31. The van der Waals surface area contributed by atoms with E-state index in [9.17, 15) is 4.39 Å². The van der Waals surface area contributed by atoms with E-state index in [1.165, 1.54) is 12.1 Å². The summed E-state index contributed by atoms with van der Waals surface area (Å²) < 4.78 is 18.8. The van der Waals surface area contributed by atoms with Gasteiger partial charge in [-0.05, 0) is 36.8 Å². The second-order valence-electron chi connectivity index (χ2n) is 3.99. The van der Waals surface area contributed by atoms with Gasteiger partial charge in [0.25, 0.3) is 0 Å². The van der Waals surface area contributed by atoms with Gasteiger partial charge in [0.05, 0.1) is 5.69 Å². The summed E-state index contributed by atoms with van der Waals surface area (Å²) in [5, 5.41) is 0. The third-order valence-corrected chi connectivity index (χ3v) is 2.73. The van der Waals surface area contributed by atoms with Gasteiger partial charge in [-0.1, -0.05) is 6.07 Å².